The van der Waals surface area contributed by atoms with E-state index in [-0.39, 0.29) is 0 Å². The van der Waals surface area contributed by atoms with Crippen molar-refractivity contribution in [1.29, 1.82) is 0 Å². The van der Waals surface area contributed by atoms with Crippen molar-refractivity contribution in [1.82, 2.24) is 9.97 Å². The Labute approximate surface area is 71.1 Å². The van der Waals surface area contributed by atoms with Crippen LogP contribution in [0.1, 0.15) is 6.42 Å². The molecule has 64 valence electrons. The van der Waals surface area contributed by atoms with E-state index in [0.29, 0.717) is 18.4 Å². The summed E-state index contributed by atoms with van der Waals surface area (Å²) >= 11 is 0. The number of ether oxygens (including phenoxy) is 1. The molecular formula is C8H11N3O. The second-order valence-corrected chi connectivity index (χ2v) is 2.19. The first kappa shape index (κ1) is 8.52. The number of nitrogen functional groups attached to an aromatic ring is 1. The first-order valence-corrected chi connectivity index (χ1v) is 3.65. The van der Waals surface area contributed by atoms with Crippen LogP contribution in [0.5, 0.6) is 6.01 Å². The van der Waals surface area contributed by atoms with E-state index in [1.54, 1.807) is 18.3 Å². The summed E-state index contributed by atoms with van der Waals surface area (Å²) in [7, 11) is 0. The van der Waals surface area contributed by atoms with Crippen molar-refractivity contribution in [3.63, 3.8) is 0 Å². The molecule has 1 heterocycles. The van der Waals surface area contributed by atoms with Crippen LogP contribution in [0.2, 0.25) is 0 Å². The Morgan fingerprint density at radius 1 is 1.67 bits per heavy atom. The highest BCUT2D eigenvalue weighted by Gasteiger charge is 1.95. The summed E-state index contributed by atoms with van der Waals surface area (Å²) in [4.78, 5) is 7.72. The van der Waals surface area contributed by atoms with Crippen molar-refractivity contribution < 1.29 is 4.74 Å². The SMILES string of the molecule is C=CCCOc1nccc(N)n1. The standard InChI is InChI=1S/C8H11N3O/c1-2-3-6-12-8-10-5-4-7(9)11-8/h2,4-5H,1,3,6H2,(H2,9,10,11). The highest BCUT2D eigenvalue weighted by atomic mass is 16.5. The van der Waals surface area contributed by atoms with E-state index in [2.05, 4.69) is 16.5 Å². The summed E-state index contributed by atoms with van der Waals surface area (Å²) in [6.07, 6.45) is 4.11. The lowest BCUT2D eigenvalue weighted by Crippen LogP contribution is -2.01. The van der Waals surface area contributed by atoms with E-state index in [1.165, 1.54) is 0 Å². The lowest BCUT2D eigenvalue weighted by molar-refractivity contribution is 0.299. The van der Waals surface area contributed by atoms with Crippen LogP contribution in [0.4, 0.5) is 5.82 Å². The van der Waals surface area contributed by atoms with Gasteiger partial charge in [-0.05, 0) is 12.5 Å². The van der Waals surface area contributed by atoms with Gasteiger partial charge in [0.1, 0.15) is 5.82 Å². The molecule has 0 aliphatic carbocycles. The van der Waals surface area contributed by atoms with Crippen LogP contribution in [0.15, 0.2) is 24.9 Å². The van der Waals surface area contributed by atoms with E-state index in [9.17, 15) is 0 Å². The number of aromatic nitrogens is 2. The van der Waals surface area contributed by atoms with E-state index < -0.39 is 0 Å². The number of hydrogen-bond acceptors (Lipinski definition) is 4. The zero-order chi connectivity index (χ0) is 8.81. The molecule has 12 heavy (non-hydrogen) atoms. The molecule has 0 radical (unpaired) electrons. The normalized spacial score (nSPS) is 9.33. The third-order valence-corrected chi connectivity index (χ3v) is 1.21. The summed E-state index contributed by atoms with van der Waals surface area (Å²) in [5.74, 6) is 0.415. The van der Waals surface area contributed by atoms with Crippen molar-refractivity contribution in [3.05, 3.63) is 24.9 Å². The molecule has 2 N–H and O–H groups in total. The molecule has 4 heteroatoms. The van der Waals surface area contributed by atoms with Gasteiger partial charge in [-0.25, -0.2) is 4.98 Å². The van der Waals surface area contributed by atoms with Crippen LogP contribution >= 0.6 is 0 Å². The Balaban J connectivity index is 2.46. The zero-order valence-electron chi connectivity index (χ0n) is 6.73. The van der Waals surface area contributed by atoms with Gasteiger partial charge in [-0.15, -0.1) is 6.58 Å². The van der Waals surface area contributed by atoms with E-state index in [0.717, 1.165) is 6.42 Å². The Kier molecular flexibility index (Phi) is 3.07. The van der Waals surface area contributed by atoms with Gasteiger partial charge in [0, 0.05) is 6.20 Å². The minimum atomic E-state index is 0.317. The number of nitrogens with two attached hydrogens (primary N) is 1. The molecule has 4 nitrogen and oxygen atoms in total. The van der Waals surface area contributed by atoms with Gasteiger partial charge in [-0.1, -0.05) is 6.08 Å². The topological polar surface area (TPSA) is 61.0 Å². The van der Waals surface area contributed by atoms with Crippen LogP contribution in [-0.2, 0) is 0 Å². The molecule has 1 aromatic rings. The van der Waals surface area contributed by atoms with Crippen LogP contribution < -0.4 is 10.5 Å². The maximum absolute atomic E-state index is 5.41. The van der Waals surface area contributed by atoms with E-state index in [1.807, 2.05) is 0 Å². The van der Waals surface area contributed by atoms with Crippen molar-refractivity contribution in [2.24, 2.45) is 0 Å². The molecule has 1 aromatic heterocycles. The van der Waals surface area contributed by atoms with Crippen LogP contribution in [-0.4, -0.2) is 16.6 Å². The van der Waals surface area contributed by atoms with Gasteiger partial charge < -0.3 is 10.5 Å². The number of anilines is 1. The third-order valence-electron chi connectivity index (χ3n) is 1.21. The number of rotatable bonds is 4. The lowest BCUT2D eigenvalue weighted by atomic mass is 10.5. The van der Waals surface area contributed by atoms with Gasteiger partial charge >= 0.3 is 6.01 Å². The maximum Gasteiger partial charge on any atom is 0.318 e. The molecule has 1 rings (SSSR count). The molecule has 0 atom stereocenters. The maximum atomic E-state index is 5.41. The number of nitrogens with zero attached hydrogens (tertiary/aromatic N) is 2. The molecule has 0 bridgehead atoms. The molecule has 0 saturated carbocycles. The predicted octanol–water partition coefficient (Wildman–Crippen LogP) is 1.01. The molecule has 0 fully saturated rings. The molecule has 0 aliphatic rings. The third kappa shape index (κ3) is 2.57. The molecule has 0 aliphatic heterocycles. The quantitative estimate of drug-likeness (QED) is 0.534. The zero-order valence-corrected chi connectivity index (χ0v) is 6.73. The van der Waals surface area contributed by atoms with Crippen LogP contribution in [0.3, 0.4) is 0 Å². The van der Waals surface area contributed by atoms with Gasteiger partial charge in [-0.2, -0.15) is 4.98 Å². The van der Waals surface area contributed by atoms with Gasteiger partial charge in [0.05, 0.1) is 6.61 Å². The van der Waals surface area contributed by atoms with Gasteiger partial charge in [0.25, 0.3) is 0 Å². The molecule has 0 aromatic carbocycles. The first-order valence-electron chi connectivity index (χ1n) is 3.65. The molecule has 0 amide bonds. The van der Waals surface area contributed by atoms with Crippen molar-refractivity contribution in [3.8, 4) is 6.01 Å². The first-order chi connectivity index (χ1) is 5.83. The second kappa shape index (κ2) is 4.33. The summed E-state index contributed by atoms with van der Waals surface area (Å²) in [5.41, 5.74) is 5.41. The average molecular weight is 165 g/mol. The largest absolute Gasteiger partial charge is 0.463 e. The Morgan fingerprint density at radius 2 is 2.50 bits per heavy atom. The summed E-state index contributed by atoms with van der Waals surface area (Å²) in [5, 5.41) is 0. The van der Waals surface area contributed by atoms with Gasteiger partial charge in [0.15, 0.2) is 0 Å². The highest BCUT2D eigenvalue weighted by molar-refractivity contribution is 5.26. The second-order valence-electron chi connectivity index (χ2n) is 2.19. The predicted molar refractivity (Wildman–Crippen MR) is 46.8 cm³/mol. The van der Waals surface area contributed by atoms with Crippen molar-refractivity contribution in [2.45, 2.75) is 6.42 Å². The average Bonchev–Trinajstić information content (AvgIpc) is 2.05. The fourth-order valence-corrected chi connectivity index (χ4v) is 0.657. The fraction of sp³-hybridized carbons (Fsp3) is 0.250. The van der Waals surface area contributed by atoms with Gasteiger partial charge in [-0.3, -0.25) is 0 Å². The fourth-order valence-electron chi connectivity index (χ4n) is 0.657. The minimum absolute atomic E-state index is 0.317. The monoisotopic (exact) mass is 165 g/mol. The molecular weight excluding hydrogens is 154 g/mol. The summed E-state index contributed by atoms with van der Waals surface area (Å²) in [6.45, 7) is 4.10. The molecule has 0 spiro atoms. The van der Waals surface area contributed by atoms with E-state index in [4.69, 9.17) is 10.5 Å². The molecule has 0 saturated heterocycles. The Morgan fingerprint density at radius 3 is 3.17 bits per heavy atom. The van der Waals surface area contributed by atoms with Crippen LogP contribution in [0, 0.1) is 0 Å². The van der Waals surface area contributed by atoms with Gasteiger partial charge in [0.2, 0.25) is 0 Å². The lowest BCUT2D eigenvalue weighted by Gasteiger charge is -2.01. The minimum Gasteiger partial charge on any atom is -0.463 e. The smallest absolute Gasteiger partial charge is 0.318 e. The highest BCUT2D eigenvalue weighted by Crippen LogP contribution is 2.03. The van der Waals surface area contributed by atoms with Crippen LogP contribution in [0.25, 0.3) is 0 Å². The van der Waals surface area contributed by atoms with E-state index >= 15 is 0 Å². The van der Waals surface area contributed by atoms with Crippen molar-refractivity contribution >= 4 is 5.82 Å². The van der Waals surface area contributed by atoms with Crippen molar-refractivity contribution in [2.75, 3.05) is 12.3 Å². The summed E-state index contributed by atoms with van der Waals surface area (Å²) < 4.78 is 5.15. The molecule has 0 unspecified atom stereocenters. The Hall–Kier alpha value is -1.58. The summed E-state index contributed by atoms with van der Waals surface area (Å²) in [6, 6.07) is 1.93. The number of hydrogen-bond donors (Lipinski definition) is 1. The Bertz CT molecular complexity index is 262.